The molecule has 4 N–H and O–H groups in total. The molecule has 4 rings (SSSR count). The van der Waals surface area contributed by atoms with Crippen LogP contribution in [0.4, 0.5) is 24.5 Å². The number of anilines is 2. The van der Waals surface area contributed by atoms with E-state index in [0.717, 1.165) is 17.3 Å². The van der Waals surface area contributed by atoms with Crippen molar-refractivity contribution in [1.82, 2.24) is 9.97 Å². The molecule has 2 heterocycles. The molecule has 0 spiro atoms. The zero-order chi connectivity index (χ0) is 25.1. The van der Waals surface area contributed by atoms with Gasteiger partial charge in [0.25, 0.3) is 0 Å². The van der Waals surface area contributed by atoms with Crippen LogP contribution in [0.1, 0.15) is 40.4 Å². The highest BCUT2D eigenvalue weighted by atomic mass is 19.1. The highest BCUT2D eigenvalue weighted by molar-refractivity contribution is 5.82. The first kappa shape index (κ1) is 24.7. The molecule has 1 saturated carbocycles. The molecule has 0 radical (unpaired) electrons. The van der Waals surface area contributed by atoms with E-state index in [1.54, 1.807) is 25.5 Å². The van der Waals surface area contributed by atoms with E-state index in [9.17, 15) is 18.7 Å². The summed E-state index contributed by atoms with van der Waals surface area (Å²) in [5.41, 5.74) is 7.08. The molecule has 4 atom stereocenters. The Labute approximate surface area is 201 Å². The second-order valence-electron chi connectivity index (χ2n) is 8.92. The van der Waals surface area contributed by atoms with Gasteiger partial charge in [-0.3, -0.25) is 14.2 Å². The predicted octanol–water partition coefficient (Wildman–Crippen LogP) is 4.54. The predicted molar refractivity (Wildman–Crippen MR) is 128 cm³/mol. The molecule has 184 valence electrons. The van der Waals surface area contributed by atoms with Gasteiger partial charge in [-0.1, -0.05) is 12.1 Å². The van der Waals surface area contributed by atoms with Crippen molar-refractivity contribution in [2.75, 3.05) is 24.8 Å². The Morgan fingerprint density at radius 1 is 1.23 bits per heavy atom. The highest BCUT2D eigenvalue weighted by Gasteiger charge is 2.38. The number of aliphatic hydroxyl groups excluding tert-OH is 1. The lowest BCUT2D eigenvalue weighted by atomic mass is 9.68. The van der Waals surface area contributed by atoms with Crippen molar-refractivity contribution in [2.24, 2.45) is 11.8 Å². The van der Waals surface area contributed by atoms with Crippen LogP contribution < -0.4 is 11.1 Å². The Kier molecular flexibility index (Phi) is 7.35. The van der Waals surface area contributed by atoms with Crippen LogP contribution in [0, 0.1) is 23.5 Å². The molecule has 0 bridgehead atoms. The minimum absolute atomic E-state index is 0.0756. The minimum atomic E-state index is -0.897. The van der Waals surface area contributed by atoms with E-state index in [0.29, 0.717) is 24.7 Å². The number of hydrogen-bond donors (Lipinski definition) is 3. The molecule has 0 saturated heterocycles. The van der Waals surface area contributed by atoms with Crippen molar-refractivity contribution < 1.29 is 23.1 Å². The lowest BCUT2D eigenvalue weighted by molar-refractivity contribution is 0.0100. The minimum Gasteiger partial charge on any atom is -0.397 e. The van der Waals surface area contributed by atoms with E-state index in [1.165, 1.54) is 12.1 Å². The molecule has 1 aliphatic carbocycles. The maximum Gasteiger partial charge on any atom is 0.170 e. The first-order chi connectivity index (χ1) is 16.9. The number of nitrogen functional groups attached to an aromatic ring is 1. The monoisotopic (exact) mass is 484 g/mol. The van der Waals surface area contributed by atoms with Gasteiger partial charge < -0.3 is 16.2 Å². The number of nitrogens with zero attached hydrogens (tertiary/aromatic N) is 2. The average Bonchev–Trinajstić information content (AvgIpc) is 2.85. The summed E-state index contributed by atoms with van der Waals surface area (Å²) < 4.78 is 43.9. The van der Waals surface area contributed by atoms with Crippen LogP contribution in [0.15, 0.2) is 42.7 Å². The number of hydrogen-bond acceptors (Lipinski definition) is 6. The number of carbonyl (C=O) groups excluding carboxylic acids is 1. The number of nitrogens with one attached hydrogen (secondary N) is 1. The third-order valence-electron chi connectivity index (χ3n) is 6.92. The van der Waals surface area contributed by atoms with Gasteiger partial charge in [0.2, 0.25) is 0 Å². The zero-order valence-electron chi connectivity index (χ0n) is 19.2. The summed E-state index contributed by atoms with van der Waals surface area (Å²) in [5, 5.41) is 13.9. The summed E-state index contributed by atoms with van der Waals surface area (Å²) >= 11 is 0. The van der Waals surface area contributed by atoms with Gasteiger partial charge in [-0.25, -0.2) is 13.8 Å². The topological polar surface area (TPSA) is 101 Å². The fraction of sp³-hybridized carbons (Fsp3) is 0.346. The van der Waals surface area contributed by atoms with Crippen molar-refractivity contribution in [3.63, 3.8) is 0 Å². The molecule has 3 unspecified atom stereocenters. The van der Waals surface area contributed by atoms with Gasteiger partial charge in [-0.15, -0.1) is 0 Å². The van der Waals surface area contributed by atoms with Gasteiger partial charge >= 0.3 is 0 Å². The molecule has 1 fully saturated rings. The average molecular weight is 485 g/mol. The molecule has 0 aliphatic heterocycles. The highest BCUT2D eigenvalue weighted by Crippen LogP contribution is 2.44. The van der Waals surface area contributed by atoms with Gasteiger partial charge in [0.05, 0.1) is 30.4 Å². The largest absolute Gasteiger partial charge is 0.397 e. The van der Waals surface area contributed by atoms with Crippen molar-refractivity contribution in [3.05, 3.63) is 71.2 Å². The van der Waals surface area contributed by atoms with Crippen molar-refractivity contribution in [3.8, 4) is 11.3 Å². The van der Waals surface area contributed by atoms with Crippen LogP contribution >= 0.6 is 0 Å². The van der Waals surface area contributed by atoms with E-state index < -0.39 is 30.3 Å². The van der Waals surface area contributed by atoms with Crippen LogP contribution in [0.5, 0.6) is 0 Å². The van der Waals surface area contributed by atoms with Crippen LogP contribution in [0.3, 0.4) is 0 Å². The molecule has 3 aromatic rings. The number of pyridine rings is 2. The molecule has 0 amide bonds. The number of aldehydes is 1. The molecule has 1 aliphatic rings. The van der Waals surface area contributed by atoms with E-state index >= 15 is 4.39 Å². The number of carbonyl (C=O) groups is 1. The van der Waals surface area contributed by atoms with Crippen LogP contribution in [-0.2, 0) is 6.42 Å². The number of rotatable bonds is 7. The van der Waals surface area contributed by atoms with Crippen LogP contribution in [0.25, 0.3) is 11.3 Å². The van der Waals surface area contributed by atoms with E-state index in [4.69, 9.17) is 5.73 Å². The number of alkyl halides is 1. The first-order valence-electron chi connectivity index (χ1n) is 11.4. The fourth-order valence-electron chi connectivity index (χ4n) is 5.18. The summed E-state index contributed by atoms with van der Waals surface area (Å²) in [6, 6.07) is 7.12. The van der Waals surface area contributed by atoms with E-state index in [1.807, 2.05) is 6.07 Å². The SMILES string of the molecule is CNc1cnccc1C1CC(O)[C@@H](CF)C(Cc2cccc(F)c2-c2nc(C=O)c(N)cc2F)C1. The molecule has 6 nitrogen and oxygen atoms in total. The van der Waals surface area contributed by atoms with Gasteiger partial charge in [-0.2, -0.15) is 0 Å². The second-order valence-corrected chi connectivity index (χ2v) is 8.92. The summed E-state index contributed by atoms with van der Waals surface area (Å²) in [4.78, 5) is 19.4. The Morgan fingerprint density at radius 3 is 2.74 bits per heavy atom. The summed E-state index contributed by atoms with van der Waals surface area (Å²) in [6.45, 7) is -0.734. The van der Waals surface area contributed by atoms with Crippen LogP contribution in [-0.4, -0.2) is 41.2 Å². The summed E-state index contributed by atoms with van der Waals surface area (Å²) in [6.07, 6.45) is 3.97. The standard InChI is InChI=1S/C26H27F3N4O2/c1-31-22-12-32-6-5-17(22)16-8-15(18(11-27)24(35)9-16)7-14-3-2-4-19(28)25(14)26-20(29)10-21(30)23(13-34)33-26/h2-6,10,12-13,15-16,18,24,31,35H,7-9,11,30H2,1H3/t15?,16?,18-,24?/m0/s1. The molecule has 2 aromatic heterocycles. The van der Waals surface area contributed by atoms with Crippen molar-refractivity contribution >= 4 is 17.7 Å². The van der Waals surface area contributed by atoms with Gasteiger partial charge in [0.1, 0.15) is 17.2 Å². The molecule has 1 aromatic carbocycles. The van der Waals surface area contributed by atoms with Gasteiger partial charge in [0, 0.05) is 30.8 Å². The summed E-state index contributed by atoms with van der Waals surface area (Å²) in [7, 11) is 1.78. The smallest absolute Gasteiger partial charge is 0.170 e. The second kappa shape index (κ2) is 10.4. The third-order valence-corrected chi connectivity index (χ3v) is 6.92. The lowest BCUT2D eigenvalue weighted by Gasteiger charge is -2.39. The van der Waals surface area contributed by atoms with Crippen molar-refractivity contribution in [2.45, 2.75) is 31.3 Å². The Morgan fingerprint density at radius 2 is 2.03 bits per heavy atom. The molecule has 35 heavy (non-hydrogen) atoms. The van der Waals surface area contributed by atoms with Gasteiger partial charge in [-0.05, 0) is 54.4 Å². The van der Waals surface area contributed by atoms with E-state index in [-0.39, 0.29) is 40.9 Å². The fourth-order valence-corrected chi connectivity index (χ4v) is 5.18. The number of aliphatic hydroxyl groups is 1. The number of nitrogens with two attached hydrogens (primary N) is 1. The first-order valence-corrected chi connectivity index (χ1v) is 11.4. The Hall–Kier alpha value is -3.46. The molecule has 9 heteroatoms. The summed E-state index contributed by atoms with van der Waals surface area (Å²) in [5.74, 6) is -2.66. The lowest BCUT2D eigenvalue weighted by Crippen LogP contribution is -2.38. The van der Waals surface area contributed by atoms with Crippen molar-refractivity contribution in [1.29, 1.82) is 0 Å². The maximum atomic E-state index is 15.0. The zero-order valence-corrected chi connectivity index (χ0v) is 19.2. The molecular weight excluding hydrogens is 457 g/mol. The Balaban J connectivity index is 1.74. The van der Waals surface area contributed by atoms with Crippen LogP contribution in [0.2, 0.25) is 0 Å². The third kappa shape index (κ3) is 4.86. The number of halogens is 3. The quantitative estimate of drug-likeness (QED) is 0.426. The maximum absolute atomic E-state index is 15.0. The normalized spacial score (nSPS) is 22.1. The number of benzene rings is 1. The number of aromatic nitrogens is 2. The van der Waals surface area contributed by atoms with E-state index in [2.05, 4.69) is 15.3 Å². The Bertz CT molecular complexity index is 1220. The molecular formula is C26H27F3N4O2. The van der Waals surface area contributed by atoms with Gasteiger partial charge in [0.15, 0.2) is 12.1 Å².